The van der Waals surface area contributed by atoms with Crippen molar-refractivity contribution in [3.8, 4) is 0 Å². The number of allylic oxidation sites excluding steroid dienone is 2. The molecule has 1 aliphatic carbocycles. The van der Waals surface area contributed by atoms with Gasteiger partial charge in [0.05, 0.1) is 0 Å². The number of aromatic nitrogens is 1. The Balaban J connectivity index is 2.03. The van der Waals surface area contributed by atoms with Crippen LogP contribution in [0.3, 0.4) is 0 Å². The maximum atomic E-state index is 3.49. The second-order valence-corrected chi connectivity index (χ2v) is 6.64. The number of rotatable bonds is 1. The van der Waals surface area contributed by atoms with Crippen molar-refractivity contribution in [1.29, 1.82) is 0 Å². The van der Waals surface area contributed by atoms with Crippen LogP contribution in [-0.2, 0) is 0 Å². The molecule has 0 unspecified atom stereocenters. The van der Waals surface area contributed by atoms with Gasteiger partial charge in [-0.15, -0.1) is 0 Å². The van der Waals surface area contributed by atoms with E-state index < -0.39 is 0 Å². The number of benzene rings is 1. The molecule has 1 N–H and O–H groups in total. The van der Waals surface area contributed by atoms with Gasteiger partial charge >= 0.3 is 0 Å². The zero-order valence-electron chi connectivity index (χ0n) is 13.3. The summed E-state index contributed by atoms with van der Waals surface area (Å²) in [5.41, 5.74) is 1.40. The second-order valence-electron chi connectivity index (χ2n) is 6.64. The number of fused-ring (bicyclic) bond motifs is 3. The molecule has 0 spiro atoms. The molecule has 0 saturated carbocycles. The van der Waals surface area contributed by atoms with Crippen molar-refractivity contribution in [3.05, 3.63) is 47.0 Å². The molecule has 1 fully saturated rings. The number of piperidine rings is 1. The fourth-order valence-corrected chi connectivity index (χ4v) is 3.87. The average molecular weight is 292 g/mol. The van der Waals surface area contributed by atoms with Crippen molar-refractivity contribution < 1.29 is 0 Å². The van der Waals surface area contributed by atoms with E-state index in [1.165, 1.54) is 34.3 Å². The highest BCUT2D eigenvalue weighted by atomic mass is 15.0. The van der Waals surface area contributed by atoms with Crippen LogP contribution in [0.15, 0.2) is 36.4 Å². The predicted molar refractivity (Wildman–Crippen MR) is 94.2 cm³/mol. The summed E-state index contributed by atoms with van der Waals surface area (Å²) in [5, 5.41) is 7.72. The normalized spacial score (nSPS) is 27.0. The Labute approximate surface area is 131 Å². The van der Waals surface area contributed by atoms with Gasteiger partial charge in [-0.05, 0) is 44.3 Å². The number of hydrogen-bond donors (Lipinski definition) is 1. The highest BCUT2D eigenvalue weighted by Gasteiger charge is 2.19. The lowest BCUT2D eigenvalue weighted by Gasteiger charge is -2.25. The van der Waals surface area contributed by atoms with Gasteiger partial charge < -0.3 is 9.88 Å². The molecule has 4 rings (SSSR count). The number of nitrogens with one attached hydrogen (secondary N) is 1. The quantitative estimate of drug-likeness (QED) is 0.855. The Kier molecular flexibility index (Phi) is 3.63. The van der Waals surface area contributed by atoms with Gasteiger partial charge in [-0.1, -0.05) is 49.4 Å². The summed E-state index contributed by atoms with van der Waals surface area (Å²) in [6, 6.07) is 9.52. The van der Waals surface area contributed by atoms with Gasteiger partial charge in [0.25, 0.3) is 0 Å². The maximum Gasteiger partial charge on any atom is 0.0493 e. The minimum Gasteiger partial charge on any atom is -0.338 e. The summed E-state index contributed by atoms with van der Waals surface area (Å²) >= 11 is 0. The standard InChI is InChI=1S/C20H24N2/c1-15-5-4-7-18-17-6-2-3-8-19(17)22(20(18)10-9-15)16-11-13-21-14-12-16/h2-8,10,15-16,21H,9,11-14H2,1H3/b5-4-,18-7-,20-10-/t15-/m0/s1. The van der Waals surface area contributed by atoms with E-state index in [2.05, 4.69) is 65.4 Å². The SMILES string of the molecule is C[C@H]1\C=C/C=c2\c(n(C3CCNCC3)c3ccccc23)=C\C1. The Bertz CT molecular complexity index is 819. The van der Waals surface area contributed by atoms with E-state index in [-0.39, 0.29) is 0 Å². The lowest BCUT2D eigenvalue weighted by molar-refractivity contribution is 0.370. The fraction of sp³-hybridized carbons (Fsp3) is 0.400. The Morgan fingerprint density at radius 1 is 1.14 bits per heavy atom. The molecule has 2 aromatic rings. The van der Waals surface area contributed by atoms with Crippen LogP contribution in [0.2, 0.25) is 0 Å². The monoisotopic (exact) mass is 292 g/mol. The van der Waals surface area contributed by atoms with Crippen molar-refractivity contribution in [3.63, 3.8) is 0 Å². The summed E-state index contributed by atoms with van der Waals surface area (Å²) in [6.07, 6.45) is 12.9. The first kappa shape index (κ1) is 13.8. The van der Waals surface area contributed by atoms with Crippen LogP contribution >= 0.6 is 0 Å². The van der Waals surface area contributed by atoms with Gasteiger partial charge in [-0.25, -0.2) is 0 Å². The lowest BCUT2D eigenvalue weighted by atomic mass is 10.0. The molecule has 0 radical (unpaired) electrons. The van der Waals surface area contributed by atoms with Crippen molar-refractivity contribution >= 4 is 23.1 Å². The van der Waals surface area contributed by atoms with Gasteiger partial charge in [0.15, 0.2) is 0 Å². The summed E-state index contributed by atoms with van der Waals surface area (Å²) in [5.74, 6) is 0.615. The molecule has 0 amide bonds. The van der Waals surface area contributed by atoms with Crippen molar-refractivity contribution in [2.24, 2.45) is 5.92 Å². The first-order chi connectivity index (χ1) is 10.8. The van der Waals surface area contributed by atoms with Crippen LogP contribution in [0.4, 0.5) is 0 Å². The lowest BCUT2D eigenvalue weighted by Crippen LogP contribution is -2.37. The Morgan fingerprint density at radius 2 is 1.95 bits per heavy atom. The van der Waals surface area contributed by atoms with Crippen molar-refractivity contribution in [1.82, 2.24) is 9.88 Å². The van der Waals surface area contributed by atoms with Crippen LogP contribution < -0.4 is 15.9 Å². The largest absolute Gasteiger partial charge is 0.338 e. The molecule has 0 bridgehead atoms. The first-order valence-corrected chi connectivity index (χ1v) is 8.53. The summed E-state index contributed by atoms with van der Waals surface area (Å²) in [7, 11) is 0. The third-order valence-electron chi connectivity index (χ3n) is 5.05. The fourth-order valence-electron chi connectivity index (χ4n) is 3.87. The van der Waals surface area contributed by atoms with Crippen LogP contribution in [0.5, 0.6) is 0 Å². The van der Waals surface area contributed by atoms with Crippen molar-refractivity contribution in [2.75, 3.05) is 13.1 Å². The summed E-state index contributed by atoms with van der Waals surface area (Å²) < 4.78 is 2.62. The average Bonchev–Trinajstić information content (AvgIpc) is 2.85. The molecule has 2 nitrogen and oxygen atoms in total. The van der Waals surface area contributed by atoms with Gasteiger partial charge in [-0.3, -0.25) is 0 Å². The van der Waals surface area contributed by atoms with Crippen LogP contribution in [-0.4, -0.2) is 17.7 Å². The molecule has 114 valence electrons. The van der Waals surface area contributed by atoms with E-state index in [9.17, 15) is 0 Å². The van der Waals surface area contributed by atoms with Crippen LogP contribution in [0, 0.1) is 5.92 Å². The van der Waals surface area contributed by atoms with Crippen molar-refractivity contribution in [2.45, 2.75) is 32.2 Å². The van der Waals surface area contributed by atoms with Crippen LogP contribution in [0.25, 0.3) is 23.1 Å². The van der Waals surface area contributed by atoms with E-state index in [0.717, 1.165) is 19.5 Å². The first-order valence-electron chi connectivity index (χ1n) is 8.53. The molecule has 1 saturated heterocycles. The molecule has 1 aliphatic heterocycles. The third kappa shape index (κ3) is 2.32. The molecule has 2 heterocycles. The van der Waals surface area contributed by atoms with E-state index in [1.807, 2.05) is 0 Å². The molecular formula is C20H24N2. The molecule has 1 aromatic heterocycles. The summed E-state index contributed by atoms with van der Waals surface area (Å²) in [6.45, 7) is 4.56. The van der Waals surface area contributed by atoms with Gasteiger partial charge in [0, 0.05) is 27.5 Å². The van der Waals surface area contributed by atoms with Gasteiger partial charge in [0.2, 0.25) is 0 Å². The number of nitrogens with zero attached hydrogens (tertiary/aromatic N) is 1. The van der Waals surface area contributed by atoms with Gasteiger partial charge in [0.1, 0.15) is 0 Å². The van der Waals surface area contributed by atoms with E-state index in [4.69, 9.17) is 0 Å². The zero-order chi connectivity index (χ0) is 14.9. The minimum absolute atomic E-state index is 0.615. The maximum absolute atomic E-state index is 3.49. The third-order valence-corrected chi connectivity index (χ3v) is 5.05. The smallest absolute Gasteiger partial charge is 0.0493 e. The molecule has 2 heteroatoms. The van der Waals surface area contributed by atoms with E-state index >= 15 is 0 Å². The predicted octanol–water partition coefficient (Wildman–Crippen LogP) is 2.72. The highest BCUT2D eigenvalue weighted by Crippen LogP contribution is 2.22. The Morgan fingerprint density at radius 3 is 2.82 bits per heavy atom. The van der Waals surface area contributed by atoms with Gasteiger partial charge in [-0.2, -0.15) is 0 Å². The molecule has 1 aromatic carbocycles. The van der Waals surface area contributed by atoms with E-state index in [0.29, 0.717) is 12.0 Å². The second kappa shape index (κ2) is 5.77. The number of para-hydroxylation sites is 1. The molecule has 22 heavy (non-hydrogen) atoms. The zero-order valence-corrected chi connectivity index (χ0v) is 13.3. The topological polar surface area (TPSA) is 17.0 Å². The number of hydrogen-bond acceptors (Lipinski definition) is 1. The molecular weight excluding hydrogens is 268 g/mol. The van der Waals surface area contributed by atoms with Crippen LogP contribution in [0.1, 0.15) is 32.2 Å². The summed E-state index contributed by atoms with van der Waals surface area (Å²) in [4.78, 5) is 0. The highest BCUT2D eigenvalue weighted by molar-refractivity contribution is 5.83. The Hall–Kier alpha value is -1.80. The van der Waals surface area contributed by atoms with E-state index in [1.54, 1.807) is 0 Å². The molecule has 1 atom stereocenters. The minimum atomic E-state index is 0.615. The molecule has 2 aliphatic rings.